The van der Waals surface area contributed by atoms with Crippen molar-refractivity contribution in [3.8, 4) is 0 Å². The summed E-state index contributed by atoms with van der Waals surface area (Å²) in [5.74, 6) is 4.71. The SMILES string of the molecule is C.C.C.C.C.C.C.C.C.C.C.C1C2CC3CC1CC(C2)C3.CC.[CH3-].[CH3-].[CH3-].[CH3-].[K+].[K+]. The fraction of sp³-hybridized carbons (Fsp3) is 0.852. The second-order valence-electron chi connectivity index (χ2n) is 4.88. The van der Waals surface area contributed by atoms with E-state index in [-0.39, 0.29) is 214 Å². The van der Waals surface area contributed by atoms with Crippen LogP contribution < -0.4 is 103 Å². The van der Waals surface area contributed by atoms with Gasteiger partial charge in [-0.2, -0.15) is 0 Å². The van der Waals surface area contributed by atoms with Gasteiger partial charge in [0.1, 0.15) is 0 Å². The molecule has 0 spiro atoms. The number of hydrogen-bond acceptors (Lipinski definition) is 0. The van der Waals surface area contributed by atoms with E-state index in [1.54, 1.807) is 38.5 Å². The molecule has 4 bridgehead atoms. The summed E-state index contributed by atoms with van der Waals surface area (Å²) in [7, 11) is 0. The molecule has 4 saturated carbocycles. The summed E-state index contributed by atoms with van der Waals surface area (Å²) in [6.07, 6.45) is 9.62. The quantitative estimate of drug-likeness (QED) is 0.268. The summed E-state index contributed by atoms with van der Waals surface area (Å²) in [5.41, 5.74) is 0. The molecular formula is C27H78K2-2. The molecular weight excluding hydrogens is 402 g/mol. The first-order chi connectivity index (χ1) is 5.90. The normalized spacial score (nSPS) is 20.1. The van der Waals surface area contributed by atoms with Crippen molar-refractivity contribution in [2.24, 2.45) is 23.7 Å². The van der Waals surface area contributed by atoms with Gasteiger partial charge < -0.3 is 29.7 Å². The topological polar surface area (TPSA) is 0 Å². The summed E-state index contributed by atoms with van der Waals surface area (Å²) >= 11 is 0. The van der Waals surface area contributed by atoms with Crippen molar-refractivity contribution in [1.82, 2.24) is 0 Å². The van der Waals surface area contributed by atoms with E-state index in [1.165, 1.54) is 23.7 Å². The molecule has 2 heteroatoms. The van der Waals surface area contributed by atoms with Crippen LogP contribution in [-0.4, -0.2) is 0 Å². The van der Waals surface area contributed by atoms with Crippen LogP contribution in [0.5, 0.6) is 0 Å². The molecule has 0 unspecified atom stereocenters. The fourth-order valence-electron chi connectivity index (χ4n) is 3.98. The zero-order chi connectivity index (χ0) is 8.55. The maximum Gasteiger partial charge on any atom is 1.00 e. The molecule has 0 aromatic carbocycles. The van der Waals surface area contributed by atoms with Crippen molar-refractivity contribution >= 4 is 0 Å². The monoisotopic (exact) mass is 481 g/mol. The summed E-state index contributed by atoms with van der Waals surface area (Å²) in [6, 6.07) is 0. The maximum absolute atomic E-state index is 2.00. The zero-order valence-electron chi connectivity index (χ0n) is 14.6. The molecule has 190 valence electrons. The van der Waals surface area contributed by atoms with Crippen LogP contribution in [-0.2, 0) is 0 Å². The van der Waals surface area contributed by atoms with E-state index in [0.717, 1.165) is 0 Å². The number of hydrogen-bond donors (Lipinski definition) is 0. The Labute approximate surface area is 285 Å². The molecule has 0 heterocycles. The Morgan fingerprint density at radius 2 is 0.379 bits per heavy atom. The van der Waals surface area contributed by atoms with Crippen LogP contribution >= 0.6 is 0 Å². The molecule has 0 atom stereocenters. The predicted octanol–water partition coefficient (Wildman–Crippen LogP) is 6.67. The largest absolute Gasteiger partial charge is 1.00 e. The molecule has 4 aliphatic carbocycles. The molecule has 0 radical (unpaired) electrons. The molecule has 4 rings (SSSR count). The van der Waals surface area contributed by atoms with E-state index in [0.29, 0.717) is 0 Å². The molecule has 0 aromatic heterocycles. The Kier molecular flexibility index (Phi) is 260. The third kappa shape index (κ3) is 36.0. The van der Waals surface area contributed by atoms with Gasteiger partial charge in [-0.1, -0.05) is 95.5 Å². The number of rotatable bonds is 0. The van der Waals surface area contributed by atoms with Crippen LogP contribution in [0.25, 0.3) is 0 Å². The van der Waals surface area contributed by atoms with Crippen LogP contribution in [0.1, 0.15) is 134 Å². The van der Waals surface area contributed by atoms with Gasteiger partial charge in [0.25, 0.3) is 0 Å². The van der Waals surface area contributed by atoms with E-state index in [1.807, 2.05) is 13.8 Å². The predicted molar refractivity (Wildman–Crippen MR) is 153 cm³/mol. The van der Waals surface area contributed by atoms with E-state index in [9.17, 15) is 0 Å². The van der Waals surface area contributed by atoms with Gasteiger partial charge in [0, 0.05) is 0 Å². The van der Waals surface area contributed by atoms with E-state index in [2.05, 4.69) is 0 Å². The molecule has 0 aromatic rings. The van der Waals surface area contributed by atoms with Crippen molar-refractivity contribution in [3.05, 3.63) is 29.7 Å². The van der Waals surface area contributed by atoms with E-state index >= 15 is 0 Å². The van der Waals surface area contributed by atoms with Crippen LogP contribution in [0.15, 0.2) is 0 Å². The molecule has 29 heavy (non-hydrogen) atoms. The van der Waals surface area contributed by atoms with Gasteiger partial charge in [0.15, 0.2) is 0 Å². The van der Waals surface area contributed by atoms with Gasteiger partial charge in [0.2, 0.25) is 0 Å². The fourth-order valence-corrected chi connectivity index (χ4v) is 3.98. The van der Waals surface area contributed by atoms with Gasteiger partial charge in [-0.25, -0.2) is 0 Å². The Bertz CT molecular complexity index is 102. The van der Waals surface area contributed by atoms with Gasteiger partial charge in [-0.15, -0.1) is 0 Å². The minimum absolute atomic E-state index is 0. The van der Waals surface area contributed by atoms with Crippen LogP contribution in [0, 0.1) is 53.4 Å². The summed E-state index contributed by atoms with van der Waals surface area (Å²) in [5, 5.41) is 0. The van der Waals surface area contributed by atoms with E-state index < -0.39 is 0 Å². The Morgan fingerprint density at radius 3 is 0.448 bits per heavy atom. The van der Waals surface area contributed by atoms with Gasteiger partial charge >= 0.3 is 103 Å². The molecule has 0 N–H and O–H groups in total. The first-order valence-electron chi connectivity index (χ1n) is 5.90. The second kappa shape index (κ2) is 63.3. The van der Waals surface area contributed by atoms with Crippen LogP contribution in [0.2, 0.25) is 0 Å². The zero-order valence-corrected chi connectivity index (χ0v) is 20.8. The van der Waals surface area contributed by atoms with Crippen molar-refractivity contribution in [2.75, 3.05) is 0 Å². The summed E-state index contributed by atoms with van der Waals surface area (Å²) in [6.45, 7) is 4.00. The van der Waals surface area contributed by atoms with Crippen molar-refractivity contribution in [3.63, 3.8) is 0 Å². The van der Waals surface area contributed by atoms with Gasteiger partial charge in [-0.3, -0.25) is 0 Å². The Morgan fingerprint density at radius 1 is 0.310 bits per heavy atom. The summed E-state index contributed by atoms with van der Waals surface area (Å²) < 4.78 is 0. The van der Waals surface area contributed by atoms with Gasteiger partial charge in [-0.05, 0) is 62.2 Å². The van der Waals surface area contributed by atoms with Crippen LogP contribution in [0.3, 0.4) is 0 Å². The summed E-state index contributed by atoms with van der Waals surface area (Å²) in [4.78, 5) is 0. The molecule has 0 saturated heterocycles. The Balaban J connectivity index is -0.00000000621. The van der Waals surface area contributed by atoms with Crippen LogP contribution in [0.4, 0.5) is 0 Å². The molecule has 4 aliphatic rings. The molecule has 0 aliphatic heterocycles. The maximum atomic E-state index is 2.00. The molecule has 4 fully saturated rings. The minimum atomic E-state index is 0. The molecule has 0 amide bonds. The van der Waals surface area contributed by atoms with Crippen molar-refractivity contribution in [1.29, 1.82) is 0 Å². The third-order valence-electron chi connectivity index (χ3n) is 4.00. The average Bonchev–Trinajstić information content (AvgIpc) is 2.05. The first kappa shape index (κ1) is 119. The van der Waals surface area contributed by atoms with Gasteiger partial charge in [0.05, 0.1) is 0 Å². The minimum Gasteiger partial charge on any atom is -0.358 e. The Hall–Kier alpha value is 3.27. The van der Waals surface area contributed by atoms with Crippen molar-refractivity contribution in [2.45, 2.75) is 134 Å². The smallest absolute Gasteiger partial charge is 0.358 e. The third-order valence-corrected chi connectivity index (χ3v) is 4.00. The van der Waals surface area contributed by atoms with Crippen molar-refractivity contribution < 1.29 is 103 Å². The molecule has 0 nitrogen and oxygen atoms in total. The van der Waals surface area contributed by atoms with E-state index in [4.69, 9.17) is 0 Å². The standard InChI is InChI=1S/C10H16.C2H6.11CH4.4CH3.2K/c1-7-2-9-4-8(1)5-10(3-7)6-9;1-2;;;;;;;;;;;;;;;;;/h7-10H,1-6H2;1-2H3;11*1H4;4*1H3;;/q;;;;;;;;;;;;;4*-1;2*+1. The average molecular weight is 481 g/mol. The first-order valence-corrected chi connectivity index (χ1v) is 5.90. The second-order valence-corrected chi connectivity index (χ2v) is 4.88.